The van der Waals surface area contributed by atoms with Crippen LogP contribution in [-0.4, -0.2) is 34.9 Å². The minimum atomic E-state index is -0.551. The zero-order valence-corrected chi connectivity index (χ0v) is 14.0. The molecule has 1 aromatic carbocycles. The molecular formula is C18H19ClFN3O. The molecule has 0 aliphatic carbocycles. The first-order valence-corrected chi connectivity index (χ1v) is 8.38. The van der Waals surface area contributed by atoms with Crippen molar-refractivity contribution in [3.05, 3.63) is 64.7 Å². The number of hydrogen-bond acceptors (Lipinski definition) is 3. The number of hydrogen-bond donors (Lipinski definition) is 1. The highest BCUT2D eigenvalue weighted by Crippen LogP contribution is 2.17. The predicted molar refractivity (Wildman–Crippen MR) is 91.4 cm³/mol. The summed E-state index contributed by atoms with van der Waals surface area (Å²) in [5.74, 6) is -0.956. The Balaban J connectivity index is 1.52. The van der Waals surface area contributed by atoms with Gasteiger partial charge in [0, 0.05) is 36.9 Å². The second-order valence-electron chi connectivity index (χ2n) is 5.97. The molecule has 2 aromatic rings. The lowest BCUT2D eigenvalue weighted by Crippen LogP contribution is -2.44. The molecule has 0 spiro atoms. The molecule has 1 N–H and O–H groups in total. The zero-order valence-electron chi connectivity index (χ0n) is 13.2. The summed E-state index contributed by atoms with van der Waals surface area (Å²) in [5.41, 5.74) is 1.04. The third-order valence-corrected chi connectivity index (χ3v) is 4.44. The molecule has 3 rings (SSSR count). The number of rotatable bonds is 4. The maximum Gasteiger partial charge on any atom is 0.254 e. The summed E-state index contributed by atoms with van der Waals surface area (Å²) in [7, 11) is 0. The van der Waals surface area contributed by atoms with Gasteiger partial charge in [0.2, 0.25) is 0 Å². The number of carbonyl (C=O) groups excluding carboxylic acids is 1. The number of pyridine rings is 1. The average Bonchev–Trinajstić information content (AvgIpc) is 2.59. The fourth-order valence-corrected chi connectivity index (χ4v) is 3.06. The quantitative estimate of drug-likeness (QED) is 0.923. The van der Waals surface area contributed by atoms with Gasteiger partial charge in [-0.05, 0) is 43.2 Å². The molecule has 1 saturated heterocycles. The van der Waals surface area contributed by atoms with E-state index < -0.39 is 11.7 Å². The summed E-state index contributed by atoms with van der Waals surface area (Å²) in [6, 6.07) is 9.96. The second-order valence-corrected chi connectivity index (χ2v) is 6.41. The first kappa shape index (κ1) is 16.9. The molecule has 6 heteroatoms. The van der Waals surface area contributed by atoms with Gasteiger partial charge >= 0.3 is 0 Å². The number of nitrogens with zero attached hydrogens (tertiary/aromatic N) is 2. The van der Waals surface area contributed by atoms with Gasteiger partial charge in [0.15, 0.2) is 0 Å². The van der Waals surface area contributed by atoms with Crippen molar-refractivity contribution in [1.82, 2.24) is 15.2 Å². The smallest absolute Gasteiger partial charge is 0.254 e. The largest absolute Gasteiger partial charge is 0.349 e. The van der Waals surface area contributed by atoms with Gasteiger partial charge in [-0.2, -0.15) is 0 Å². The first-order valence-electron chi connectivity index (χ1n) is 8.00. The van der Waals surface area contributed by atoms with E-state index in [0.717, 1.165) is 38.2 Å². The summed E-state index contributed by atoms with van der Waals surface area (Å²) in [5, 5.41) is 3.26. The fourth-order valence-electron chi connectivity index (χ4n) is 2.89. The Hall–Kier alpha value is -1.98. The monoisotopic (exact) mass is 347 g/mol. The Bertz CT molecular complexity index is 703. The van der Waals surface area contributed by atoms with E-state index in [4.69, 9.17) is 11.6 Å². The van der Waals surface area contributed by atoms with Crippen LogP contribution in [0.3, 0.4) is 0 Å². The number of carbonyl (C=O) groups is 1. The minimum Gasteiger partial charge on any atom is -0.349 e. The highest BCUT2D eigenvalue weighted by atomic mass is 35.5. The van der Waals surface area contributed by atoms with Crippen LogP contribution in [0.4, 0.5) is 4.39 Å². The molecule has 1 aliphatic rings. The van der Waals surface area contributed by atoms with E-state index in [1.54, 1.807) is 6.20 Å². The minimum absolute atomic E-state index is 0.00147. The number of piperidine rings is 1. The summed E-state index contributed by atoms with van der Waals surface area (Å²) in [4.78, 5) is 18.9. The van der Waals surface area contributed by atoms with E-state index in [-0.39, 0.29) is 11.6 Å². The lowest BCUT2D eigenvalue weighted by Gasteiger charge is -2.32. The molecule has 0 radical (unpaired) electrons. The molecule has 0 unspecified atom stereocenters. The molecule has 1 aliphatic heterocycles. The van der Waals surface area contributed by atoms with Gasteiger partial charge in [-0.15, -0.1) is 0 Å². The van der Waals surface area contributed by atoms with Crippen LogP contribution >= 0.6 is 11.6 Å². The van der Waals surface area contributed by atoms with Gasteiger partial charge in [-0.25, -0.2) is 4.39 Å². The highest BCUT2D eigenvalue weighted by Gasteiger charge is 2.22. The Morgan fingerprint density at radius 3 is 2.79 bits per heavy atom. The van der Waals surface area contributed by atoms with Crippen molar-refractivity contribution in [2.24, 2.45) is 0 Å². The van der Waals surface area contributed by atoms with Crippen LogP contribution in [0.15, 0.2) is 42.6 Å². The summed E-state index contributed by atoms with van der Waals surface area (Å²) in [6.07, 6.45) is 3.46. The van der Waals surface area contributed by atoms with Gasteiger partial charge in [0.05, 0.1) is 11.3 Å². The highest BCUT2D eigenvalue weighted by molar-refractivity contribution is 6.31. The Morgan fingerprint density at radius 2 is 2.08 bits per heavy atom. The normalized spacial score (nSPS) is 16.1. The summed E-state index contributed by atoms with van der Waals surface area (Å²) in [6.45, 7) is 2.56. The zero-order chi connectivity index (χ0) is 16.9. The first-order chi connectivity index (χ1) is 11.6. The number of halogens is 2. The van der Waals surface area contributed by atoms with E-state index in [1.807, 2.05) is 18.2 Å². The molecule has 1 fully saturated rings. The van der Waals surface area contributed by atoms with Crippen LogP contribution in [-0.2, 0) is 6.54 Å². The summed E-state index contributed by atoms with van der Waals surface area (Å²) >= 11 is 5.84. The van der Waals surface area contributed by atoms with E-state index in [2.05, 4.69) is 15.2 Å². The van der Waals surface area contributed by atoms with Gasteiger partial charge in [0.25, 0.3) is 5.91 Å². The van der Waals surface area contributed by atoms with Crippen LogP contribution in [0.25, 0.3) is 0 Å². The maximum atomic E-state index is 13.7. The van der Waals surface area contributed by atoms with Crippen LogP contribution in [0.5, 0.6) is 0 Å². The lowest BCUT2D eigenvalue weighted by molar-refractivity contribution is 0.0904. The van der Waals surface area contributed by atoms with Crippen molar-refractivity contribution in [3.8, 4) is 0 Å². The molecule has 4 nitrogen and oxygen atoms in total. The standard InChI is InChI=1S/C18H19ClFN3O/c19-13-4-5-17(20)16(11-13)18(24)22-14-6-9-23(10-7-14)12-15-3-1-2-8-21-15/h1-5,8,11,14H,6-7,9-10,12H2,(H,22,24). The molecule has 1 amide bonds. The average molecular weight is 348 g/mol. The van der Waals surface area contributed by atoms with E-state index in [9.17, 15) is 9.18 Å². The Kier molecular flexibility index (Phi) is 5.43. The van der Waals surface area contributed by atoms with Crippen molar-refractivity contribution in [2.75, 3.05) is 13.1 Å². The third-order valence-electron chi connectivity index (χ3n) is 4.21. The molecule has 2 heterocycles. The van der Waals surface area contributed by atoms with Crippen LogP contribution in [0, 0.1) is 5.82 Å². The molecule has 1 aromatic heterocycles. The number of benzene rings is 1. The van der Waals surface area contributed by atoms with Crippen molar-refractivity contribution in [3.63, 3.8) is 0 Å². The van der Waals surface area contributed by atoms with Crippen molar-refractivity contribution in [1.29, 1.82) is 0 Å². The number of likely N-dealkylation sites (tertiary alicyclic amines) is 1. The Labute approximate surface area is 145 Å². The van der Waals surface area contributed by atoms with E-state index in [0.29, 0.717) is 5.02 Å². The predicted octanol–water partition coefficient (Wildman–Crippen LogP) is 3.27. The topological polar surface area (TPSA) is 45.2 Å². The van der Waals surface area contributed by atoms with Crippen LogP contribution in [0.1, 0.15) is 28.9 Å². The van der Waals surface area contributed by atoms with Crippen molar-refractivity contribution < 1.29 is 9.18 Å². The lowest BCUT2D eigenvalue weighted by atomic mass is 10.0. The molecule has 0 atom stereocenters. The molecule has 0 saturated carbocycles. The fraction of sp³-hybridized carbons (Fsp3) is 0.333. The van der Waals surface area contributed by atoms with E-state index >= 15 is 0 Å². The molecular weight excluding hydrogens is 329 g/mol. The van der Waals surface area contributed by atoms with E-state index in [1.165, 1.54) is 18.2 Å². The molecule has 126 valence electrons. The van der Waals surface area contributed by atoms with Crippen LogP contribution < -0.4 is 5.32 Å². The second kappa shape index (κ2) is 7.73. The summed E-state index contributed by atoms with van der Waals surface area (Å²) < 4.78 is 13.7. The van der Waals surface area contributed by atoms with Gasteiger partial charge in [0.1, 0.15) is 5.82 Å². The number of aromatic nitrogens is 1. The molecule has 0 bridgehead atoms. The third kappa shape index (κ3) is 4.30. The maximum absolute atomic E-state index is 13.7. The Morgan fingerprint density at radius 1 is 1.29 bits per heavy atom. The van der Waals surface area contributed by atoms with Crippen molar-refractivity contribution in [2.45, 2.75) is 25.4 Å². The van der Waals surface area contributed by atoms with Crippen LogP contribution in [0.2, 0.25) is 5.02 Å². The number of nitrogens with one attached hydrogen (secondary N) is 1. The van der Waals surface area contributed by atoms with Gasteiger partial charge in [-0.1, -0.05) is 17.7 Å². The number of amides is 1. The molecule has 24 heavy (non-hydrogen) atoms. The SMILES string of the molecule is O=C(NC1CCN(Cc2ccccn2)CC1)c1cc(Cl)ccc1F. The van der Waals surface area contributed by atoms with Crippen molar-refractivity contribution >= 4 is 17.5 Å². The van der Waals surface area contributed by atoms with Gasteiger partial charge in [-0.3, -0.25) is 14.7 Å². The van der Waals surface area contributed by atoms with Gasteiger partial charge < -0.3 is 5.32 Å².